The fraction of sp³-hybridized carbons (Fsp3) is 0.231. The Bertz CT molecular complexity index is 539. The number of nitrogens with one attached hydrogen (secondary N) is 2. The number of aromatic nitrogens is 2. The maximum Gasteiger partial charge on any atom is 0.159 e. The Kier molecular flexibility index (Phi) is 3.62. The minimum absolute atomic E-state index is 0.529. The van der Waals surface area contributed by atoms with Crippen molar-refractivity contribution < 1.29 is 0 Å². The normalized spacial score (nSPS) is 10.1. The summed E-state index contributed by atoms with van der Waals surface area (Å²) in [6.07, 6.45) is 1.49. The first-order chi connectivity index (χ1) is 8.70. The highest BCUT2D eigenvalue weighted by Gasteiger charge is 2.07. The average Bonchev–Trinajstić information content (AvgIpc) is 2.35. The number of hydrogen-bond acceptors (Lipinski definition) is 5. The molecule has 0 fully saturated rings. The van der Waals surface area contributed by atoms with Crippen molar-refractivity contribution in [2.45, 2.75) is 13.8 Å². The van der Waals surface area contributed by atoms with E-state index in [-0.39, 0.29) is 0 Å². The van der Waals surface area contributed by atoms with E-state index in [1.54, 1.807) is 0 Å². The standard InChI is InChI=1S/C13H17N5/c1-3-15-12-11(14)13(17-8-16-12)18-10-6-4-5-9(2)7-10/h4-8H,3,14H2,1-2H3,(H2,15,16,17,18). The van der Waals surface area contributed by atoms with Gasteiger partial charge in [-0.3, -0.25) is 0 Å². The predicted octanol–water partition coefficient (Wildman–Crippen LogP) is 2.54. The van der Waals surface area contributed by atoms with Crippen LogP contribution in [-0.4, -0.2) is 16.5 Å². The Labute approximate surface area is 106 Å². The van der Waals surface area contributed by atoms with E-state index in [1.165, 1.54) is 11.9 Å². The van der Waals surface area contributed by atoms with Gasteiger partial charge in [-0.2, -0.15) is 0 Å². The first-order valence-corrected chi connectivity index (χ1v) is 5.88. The smallest absolute Gasteiger partial charge is 0.159 e. The first kappa shape index (κ1) is 12.2. The van der Waals surface area contributed by atoms with Gasteiger partial charge >= 0.3 is 0 Å². The molecule has 0 saturated carbocycles. The predicted molar refractivity (Wildman–Crippen MR) is 75.1 cm³/mol. The molecule has 5 heteroatoms. The van der Waals surface area contributed by atoms with E-state index in [4.69, 9.17) is 5.73 Å². The molecule has 2 aromatic rings. The molecule has 0 radical (unpaired) electrons. The van der Waals surface area contributed by atoms with Gasteiger partial charge in [0.1, 0.15) is 12.0 Å². The van der Waals surface area contributed by atoms with Crippen molar-refractivity contribution in [2.24, 2.45) is 0 Å². The zero-order valence-electron chi connectivity index (χ0n) is 10.6. The zero-order chi connectivity index (χ0) is 13.0. The number of benzene rings is 1. The summed E-state index contributed by atoms with van der Waals surface area (Å²) in [6.45, 7) is 4.80. The molecule has 0 spiro atoms. The van der Waals surface area contributed by atoms with Gasteiger partial charge in [-0.15, -0.1) is 0 Å². The van der Waals surface area contributed by atoms with Gasteiger partial charge in [0.15, 0.2) is 11.6 Å². The number of nitrogen functional groups attached to an aromatic ring is 1. The molecule has 2 rings (SSSR count). The molecule has 0 atom stereocenters. The number of nitrogens with two attached hydrogens (primary N) is 1. The summed E-state index contributed by atoms with van der Waals surface area (Å²) < 4.78 is 0. The van der Waals surface area contributed by atoms with Gasteiger partial charge in [0, 0.05) is 12.2 Å². The lowest BCUT2D eigenvalue weighted by atomic mass is 10.2. The third kappa shape index (κ3) is 2.68. The second-order valence-corrected chi connectivity index (χ2v) is 4.01. The molecule has 1 aromatic carbocycles. The molecule has 4 N–H and O–H groups in total. The maximum atomic E-state index is 6.01. The van der Waals surface area contributed by atoms with Gasteiger partial charge in [0.25, 0.3) is 0 Å². The fourth-order valence-electron chi connectivity index (χ4n) is 1.66. The number of nitrogens with zero attached hydrogens (tertiary/aromatic N) is 2. The lowest BCUT2D eigenvalue weighted by Gasteiger charge is -2.11. The van der Waals surface area contributed by atoms with Gasteiger partial charge in [-0.25, -0.2) is 9.97 Å². The molecule has 0 aliphatic carbocycles. The highest BCUT2D eigenvalue weighted by Crippen LogP contribution is 2.25. The minimum Gasteiger partial charge on any atom is -0.393 e. The highest BCUT2D eigenvalue weighted by molar-refractivity contribution is 5.77. The molecule has 18 heavy (non-hydrogen) atoms. The van der Waals surface area contributed by atoms with Crippen molar-refractivity contribution in [3.05, 3.63) is 36.2 Å². The van der Waals surface area contributed by atoms with Crippen molar-refractivity contribution in [3.8, 4) is 0 Å². The monoisotopic (exact) mass is 243 g/mol. The summed E-state index contributed by atoms with van der Waals surface area (Å²) in [4.78, 5) is 8.26. The van der Waals surface area contributed by atoms with Crippen molar-refractivity contribution in [2.75, 3.05) is 22.9 Å². The Hall–Kier alpha value is -2.30. The van der Waals surface area contributed by atoms with Crippen molar-refractivity contribution in [1.82, 2.24) is 9.97 Å². The molecule has 0 aliphatic rings. The van der Waals surface area contributed by atoms with Crippen LogP contribution in [0.4, 0.5) is 23.0 Å². The van der Waals surface area contributed by atoms with E-state index >= 15 is 0 Å². The molecule has 0 aliphatic heterocycles. The number of hydrogen-bond donors (Lipinski definition) is 3. The fourth-order valence-corrected chi connectivity index (χ4v) is 1.66. The Morgan fingerprint density at radius 1 is 1.22 bits per heavy atom. The van der Waals surface area contributed by atoms with Crippen LogP contribution in [0.25, 0.3) is 0 Å². The van der Waals surface area contributed by atoms with Gasteiger partial charge in [0.2, 0.25) is 0 Å². The summed E-state index contributed by atoms with van der Waals surface area (Å²) in [7, 11) is 0. The second-order valence-electron chi connectivity index (χ2n) is 4.01. The van der Waals surface area contributed by atoms with Gasteiger partial charge in [-0.05, 0) is 31.5 Å². The lowest BCUT2D eigenvalue weighted by molar-refractivity contribution is 1.12. The number of rotatable bonds is 4. The van der Waals surface area contributed by atoms with Crippen LogP contribution >= 0.6 is 0 Å². The number of anilines is 4. The van der Waals surface area contributed by atoms with Crippen molar-refractivity contribution >= 4 is 23.0 Å². The molecule has 5 nitrogen and oxygen atoms in total. The van der Waals surface area contributed by atoms with E-state index in [0.29, 0.717) is 17.3 Å². The van der Waals surface area contributed by atoms with E-state index in [1.807, 2.05) is 38.1 Å². The second kappa shape index (κ2) is 5.35. The minimum atomic E-state index is 0.529. The van der Waals surface area contributed by atoms with Crippen LogP contribution in [0, 0.1) is 6.92 Å². The molecule has 94 valence electrons. The average molecular weight is 243 g/mol. The zero-order valence-corrected chi connectivity index (χ0v) is 10.6. The molecule has 0 saturated heterocycles. The van der Waals surface area contributed by atoms with Crippen molar-refractivity contribution in [3.63, 3.8) is 0 Å². The molecular formula is C13H17N5. The molecule has 0 bridgehead atoms. The van der Waals surface area contributed by atoms with Crippen LogP contribution in [-0.2, 0) is 0 Å². The summed E-state index contributed by atoms with van der Waals surface area (Å²) in [5.74, 6) is 1.27. The SMILES string of the molecule is CCNc1ncnc(Nc2cccc(C)c2)c1N. The first-order valence-electron chi connectivity index (χ1n) is 5.88. The van der Waals surface area contributed by atoms with Gasteiger partial charge in [-0.1, -0.05) is 12.1 Å². The van der Waals surface area contributed by atoms with E-state index < -0.39 is 0 Å². The van der Waals surface area contributed by atoms with Crippen LogP contribution in [0.3, 0.4) is 0 Å². The topological polar surface area (TPSA) is 75.9 Å². The summed E-state index contributed by atoms with van der Waals surface area (Å²) in [5, 5.41) is 6.29. The van der Waals surface area contributed by atoms with Crippen LogP contribution in [0.1, 0.15) is 12.5 Å². The van der Waals surface area contributed by atoms with E-state index in [2.05, 4.69) is 20.6 Å². The largest absolute Gasteiger partial charge is 0.393 e. The summed E-state index contributed by atoms with van der Waals surface area (Å²) in [6, 6.07) is 8.04. The Morgan fingerprint density at radius 3 is 2.72 bits per heavy atom. The third-order valence-electron chi connectivity index (χ3n) is 2.51. The maximum absolute atomic E-state index is 6.01. The molecule has 1 heterocycles. The van der Waals surface area contributed by atoms with Crippen molar-refractivity contribution in [1.29, 1.82) is 0 Å². The Morgan fingerprint density at radius 2 is 2.00 bits per heavy atom. The van der Waals surface area contributed by atoms with Gasteiger partial charge in [0.05, 0.1) is 0 Å². The van der Waals surface area contributed by atoms with Crippen LogP contribution in [0.15, 0.2) is 30.6 Å². The quantitative estimate of drug-likeness (QED) is 0.769. The Balaban J connectivity index is 2.26. The molecule has 1 aromatic heterocycles. The van der Waals surface area contributed by atoms with Crippen LogP contribution < -0.4 is 16.4 Å². The summed E-state index contributed by atoms with van der Waals surface area (Å²) in [5.41, 5.74) is 8.67. The van der Waals surface area contributed by atoms with Crippen LogP contribution in [0.5, 0.6) is 0 Å². The van der Waals surface area contributed by atoms with Gasteiger partial charge < -0.3 is 16.4 Å². The third-order valence-corrected chi connectivity index (χ3v) is 2.51. The highest BCUT2D eigenvalue weighted by atomic mass is 15.1. The number of aryl methyl sites for hydroxylation is 1. The van der Waals surface area contributed by atoms with E-state index in [9.17, 15) is 0 Å². The molecule has 0 amide bonds. The van der Waals surface area contributed by atoms with Crippen LogP contribution in [0.2, 0.25) is 0 Å². The molecular weight excluding hydrogens is 226 g/mol. The molecule has 0 unspecified atom stereocenters. The lowest BCUT2D eigenvalue weighted by Crippen LogP contribution is -2.07. The summed E-state index contributed by atoms with van der Waals surface area (Å²) >= 11 is 0. The van der Waals surface area contributed by atoms with E-state index in [0.717, 1.165) is 12.2 Å².